The number of hydrogen-bond donors (Lipinski definition) is 1. The van der Waals surface area contributed by atoms with Crippen molar-refractivity contribution in [2.45, 2.75) is 20.8 Å². The maximum absolute atomic E-state index is 12.4. The Hall–Kier alpha value is -3.09. The molecule has 1 heterocycles. The first-order valence-electron chi connectivity index (χ1n) is 8.49. The molecule has 0 aliphatic rings. The van der Waals surface area contributed by atoms with E-state index in [9.17, 15) is 4.79 Å². The lowest BCUT2D eigenvalue weighted by Gasteiger charge is -2.16. The number of carbonyl (C=O) groups excluding carboxylic acids is 1. The molecule has 0 spiro atoms. The van der Waals surface area contributed by atoms with Crippen LogP contribution in [-0.4, -0.2) is 36.9 Å². The lowest BCUT2D eigenvalue weighted by Crippen LogP contribution is -2.18. The Morgan fingerprint density at radius 2 is 1.77 bits per heavy atom. The molecule has 2 rings (SSSR count). The molecular weight excluding hydrogens is 334 g/mol. The van der Waals surface area contributed by atoms with Crippen LogP contribution >= 0.6 is 0 Å². The van der Waals surface area contributed by atoms with Gasteiger partial charge in [-0.25, -0.2) is 5.43 Å². The molecule has 0 saturated carbocycles. The van der Waals surface area contributed by atoms with Crippen LogP contribution in [0.4, 0.5) is 0 Å². The summed E-state index contributed by atoms with van der Waals surface area (Å²) < 4.78 is 16.8. The summed E-state index contributed by atoms with van der Waals surface area (Å²) >= 11 is 0. The minimum absolute atomic E-state index is 0.365. The van der Waals surface area contributed by atoms with E-state index in [0.717, 1.165) is 5.56 Å². The lowest BCUT2D eigenvalue weighted by atomic mass is 10.1. The van der Waals surface area contributed by atoms with Gasteiger partial charge in [-0.15, -0.1) is 0 Å². The van der Waals surface area contributed by atoms with E-state index in [4.69, 9.17) is 14.2 Å². The van der Waals surface area contributed by atoms with Crippen molar-refractivity contribution in [2.75, 3.05) is 19.8 Å². The van der Waals surface area contributed by atoms with Gasteiger partial charge < -0.3 is 14.2 Å². The maximum atomic E-state index is 12.4. The second-order valence-corrected chi connectivity index (χ2v) is 5.09. The molecule has 0 fully saturated rings. The Morgan fingerprint density at radius 3 is 2.31 bits per heavy atom. The van der Waals surface area contributed by atoms with Crippen molar-refractivity contribution < 1.29 is 19.0 Å². The molecule has 26 heavy (non-hydrogen) atoms. The molecule has 7 heteroatoms. The first-order chi connectivity index (χ1) is 12.7. The van der Waals surface area contributed by atoms with Gasteiger partial charge in [-0.3, -0.25) is 9.78 Å². The number of ether oxygens (including phenoxy) is 3. The van der Waals surface area contributed by atoms with Crippen molar-refractivity contribution in [3.05, 3.63) is 47.8 Å². The number of aromatic nitrogens is 1. The van der Waals surface area contributed by atoms with Crippen LogP contribution in [0.25, 0.3) is 0 Å². The van der Waals surface area contributed by atoms with E-state index >= 15 is 0 Å². The molecule has 0 radical (unpaired) electrons. The molecule has 0 unspecified atom stereocenters. The zero-order chi connectivity index (χ0) is 18.8. The molecule has 1 N–H and O–H groups in total. The zero-order valence-electron chi connectivity index (χ0n) is 15.2. The number of pyridine rings is 1. The highest BCUT2D eigenvalue weighted by Crippen LogP contribution is 2.39. The third kappa shape index (κ3) is 5.20. The summed E-state index contributed by atoms with van der Waals surface area (Å²) in [5.41, 5.74) is 3.63. The highest BCUT2D eigenvalue weighted by Gasteiger charge is 2.18. The Kier molecular flexibility index (Phi) is 7.42. The summed E-state index contributed by atoms with van der Waals surface area (Å²) in [4.78, 5) is 16.4. The van der Waals surface area contributed by atoms with Crippen molar-refractivity contribution in [1.29, 1.82) is 0 Å². The quantitative estimate of drug-likeness (QED) is 0.551. The van der Waals surface area contributed by atoms with Crippen LogP contribution in [0.1, 0.15) is 36.7 Å². The Labute approximate surface area is 153 Å². The summed E-state index contributed by atoms with van der Waals surface area (Å²) in [6.07, 6.45) is 4.83. The normalized spacial score (nSPS) is 10.6. The van der Waals surface area contributed by atoms with Crippen molar-refractivity contribution in [3.63, 3.8) is 0 Å². The number of benzene rings is 1. The largest absolute Gasteiger partial charge is 0.490 e. The summed E-state index contributed by atoms with van der Waals surface area (Å²) in [6, 6.07) is 6.86. The van der Waals surface area contributed by atoms with Gasteiger partial charge in [0.2, 0.25) is 5.75 Å². The Morgan fingerprint density at radius 1 is 1.12 bits per heavy atom. The average molecular weight is 357 g/mol. The number of nitrogens with one attached hydrogen (secondary N) is 1. The van der Waals surface area contributed by atoms with Crippen LogP contribution in [0.2, 0.25) is 0 Å². The average Bonchev–Trinajstić information content (AvgIpc) is 2.65. The van der Waals surface area contributed by atoms with Gasteiger partial charge in [-0.1, -0.05) is 6.07 Å². The van der Waals surface area contributed by atoms with Gasteiger partial charge in [-0.05, 0) is 39.0 Å². The maximum Gasteiger partial charge on any atom is 0.271 e. The van der Waals surface area contributed by atoms with Crippen LogP contribution in [0.3, 0.4) is 0 Å². The van der Waals surface area contributed by atoms with Gasteiger partial charge >= 0.3 is 0 Å². The fraction of sp³-hybridized carbons (Fsp3) is 0.316. The van der Waals surface area contributed by atoms with Gasteiger partial charge in [0.15, 0.2) is 11.5 Å². The van der Waals surface area contributed by atoms with Crippen LogP contribution in [0.5, 0.6) is 17.2 Å². The molecule has 1 amide bonds. The molecule has 0 bridgehead atoms. The molecular formula is C19H23N3O4. The molecule has 0 aliphatic heterocycles. The summed E-state index contributed by atoms with van der Waals surface area (Å²) in [6.45, 7) is 6.94. The molecule has 0 saturated heterocycles. The number of hydrazone groups is 1. The second kappa shape index (κ2) is 10.0. The van der Waals surface area contributed by atoms with E-state index < -0.39 is 0 Å². The second-order valence-electron chi connectivity index (χ2n) is 5.09. The van der Waals surface area contributed by atoms with Crippen molar-refractivity contribution in [1.82, 2.24) is 10.4 Å². The summed E-state index contributed by atoms with van der Waals surface area (Å²) in [5.74, 6) is 1.03. The van der Waals surface area contributed by atoms with Crippen molar-refractivity contribution >= 4 is 12.1 Å². The Bertz CT molecular complexity index is 721. The predicted octanol–water partition coefficient (Wildman–Crippen LogP) is 3.04. The van der Waals surface area contributed by atoms with E-state index in [1.54, 1.807) is 30.6 Å². The third-order valence-corrected chi connectivity index (χ3v) is 3.24. The molecule has 0 atom stereocenters. The smallest absolute Gasteiger partial charge is 0.271 e. The van der Waals surface area contributed by atoms with Crippen LogP contribution in [0.15, 0.2) is 41.8 Å². The fourth-order valence-corrected chi connectivity index (χ4v) is 2.20. The highest BCUT2D eigenvalue weighted by atomic mass is 16.5. The van der Waals surface area contributed by atoms with Crippen LogP contribution < -0.4 is 19.6 Å². The molecule has 138 valence electrons. The molecule has 7 nitrogen and oxygen atoms in total. The molecule has 0 aliphatic carbocycles. The van der Waals surface area contributed by atoms with Crippen molar-refractivity contribution in [3.8, 4) is 17.2 Å². The summed E-state index contributed by atoms with van der Waals surface area (Å²) in [5, 5.41) is 3.95. The number of rotatable bonds is 9. The first kappa shape index (κ1) is 19.2. The first-order valence-corrected chi connectivity index (χ1v) is 8.49. The number of carbonyl (C=O) groups is 1. The van der Waals surface area contributed by atoms with Crippen molar-refractivity contribution in [2.24, 2.45) is 5.10 Å². The third-order valence-electron chi connectivity index (χ3n) is 3.24. The SMILES string of the molecule is CCOc1cc(C(=O)N/N=C\c2cccnc2)cc(OCC)c1OCC. The van der Waals surface area contributed by atoms with E-state index in [1.807, 2.05) is 26.8 Å². The highest BCUT2D eigenvalue weighted by molar-refractivity contribution is 5.96. The zero-order valence-corrected chi connectivity index (χ0v) is 15.2. The minimum Gasteiger partial charge on any atom is -0.490 e. The van der Waals surface area contributed by atoms with E-state index in [1.165, 1.54) is 6.21 Å². The molecule has 2 aromatic rings. The van der Waals surface area contributed by atoms with E-state index in [-0.39, 0.29) is 5.91 Å². The summed E-state index contributed by atoms with van der Waals surface area (Å²) in [7, 11) is 0. The molecule has 1 aromatic carbocycles. The standard InChI is InChI=1S/C19H23N3O4/c1-4-24-16-10-15(11-17(25-5-2)18(16)26-6-3)19(23)22-21-13-14-8-7-9-20-12-14/h7-13H,4-6H2,1-3H3,(H,22,23)/b21-13-. The monoisotopic (exact) mass is 357 g/mol. The van der Waals surface area contributed by atoms with Gasteiger partial charge in [0.05, 0.1) is 26.0 Å². The number of nitrogens with zero attached hydrogens (tertiary/aromatic N) is 2. The van der Waals surface area contributed by atoms with Crippen LogP contribution in [0, 0.1) is 0 Å². The van der Waals surface area contributed by atoms with Gasteiger partial charge in [0, 0.05) is 23.5 Å². The fourth-order valence-electron chi connectivity index (χ4n) is 2.20. The number of amides is 1. The predicted molar refractivity (Wildman–Crippen MR) is 99.2 cm³/mol. The Balaban J connectivity index is 2.23. The van der Waals surface area contributed by atoms with Gasteiger partial charge in [-0.2, -0.15) is 5.10 Å². The van der Waals surface area contributed by atoms with E-state index in [2.05, 4.69) is 15.5 Å². The van der Waals surface area contributed by atoms with Gasteiger partial charge in [0.1, 0.15) is 0 Å². The molecule has 1 aromatic heterocycles. The topological polar surface area (TPSA) is 82.0 Å². The van der Waals surface area contributed by atoms with Crippen LogP contribution in [-0.2, 0) is 0 Å². The number of hydrogen-bond acceptors (Lipinski definition) is 6. The van der Waals surface area contributed by atoms with Gasteiger partial charge in [0.25, 0.3) is 5.91 Å². The minimum atomic E-state index is -0.380. The van der Waals surface area contributed by atoms with E-state index in [0.29, 0.717) is 42.6 Å². The lowest BCUT2D eigenvalue weighted by molar-refractivity contribution is 0.0954.